The van der Waals surface area contributed by atoms with Gasteiger partial charge in [0, 0.05) is 74.6 Å². The van der Waals surface area contributed by atoms with Gasteiger partial charge >= 0.3 is 6.03 Å². The van der Waals surface area contributed by atoms with Crippen molar-refractivity contribution in [1.82, 2.24) is 5.32 Å². The largest absolute Gasteiger partial charge is 0.392 e. The van der Waals surface area contributed by atoms with Gasteiger partial charge in [0.15, 0.2) is 0 Å². The fourth-order valence-corrected chi connectivity index (χ4v) is 7.25. The van der Waals surface area contributed by atoms with Crippen molar-refractivity contribution in [3.8, 4) is 11.8 Å². The number of primary amides is 1. The molecule has 0 radical (unpaired) electrons. The first-order chi connectivity index (χ1) is 27.6. The number of rotatable bonds is 22. The van der Waals surface area contributed by atoms with Gasteiger partial charge in [-0.15, -0.1) is 0 Å². The first-order valence-corrected chi connectivity index (χ1v) is 19.8. The maximum Gasteiger partial charge on any atom is 0.312 e. The van der Waals surface area contributed by atoms with E-state index >= 15 is 0 Å². The van der Waals surface area contributed by atoms with Crippen LogP contribution in [0.25, 0.3) is 0 Å². The summed E-state index contributed by atoms with van der Waals surface area (Å²) in [7, 11) is 0. The molecule has 0 saturated heterocycles. The van der Waals surface area contributed by atoms with Crippen molar-refractivity contribution in [3.63, 3.8) is 0 Å². The Morgan fingerprint density at radius 3 is 2.19 bits per heavy atom. The van der Waals surface area contributed by atoms with E-state index in [1.54, 1.807) is 29.2 Å². The highest BCUT2D eigenvalue weighted by Gasteiger charge is 2.49. The molecule has 1 heterocycles. The van der Waals surface area contributed by atoms with E-state index in [9.17, 15) is 33.9 Å². The van der Waals surface area contributed by atoms with Crippen LogP contribution < -0.4 is 21.3 Å². The Labute approximate surface area is 333 Å². The van der Waals surface area contributed by atoms with Crippen LogP contribution in [0.5, 0.6) is 0 Å². The van der Waals surface area contributed by atoms with Crippen LogP contribution in [0.2, 0.25) is 0 Å². The SMILES string of the molecule is NC(=O)NCCC[C@H](CC(=O)C1(C(=O)CCCOCCCC(=O)CCC(=O)N2Cc3ccccc3C#Cc3ccccc32)CCC1)C(=O)Nc1ccc(CO)cc1. The lowest BCUT2D eigenvalue weighted by atomic mass is 9.61. The highest BCUT2D eigenvalue weighted by atomic mass is 16.5. The van der Waals surface area contributed by atoms with Crippen LogP contribution in [0.4, 0.5) is 16.2 Å². The molecule has 300 valence electrons. The number of ether oxygens (including phenoxy) is 1. The number of nitrogens with zero attached hydrogens (tertiary/aromatic N) is 1. The number of aliphatic hydroxyl groups is 1. The number of aliphatic hydroxyl groups excluding tert-OH is 1. The number of para-hydroxylation sites is 1. The molecule has 4 amide bonds. The Kier molecular flexibility index (Phi) is 15.7. The van der Waals surface area contributed by atoms with Crippen molar-refractivity contribution in [2.75, 3.05) is 30.0 Å². The van der Waals surface area contributed by atoms with Crippen LogP contribution in [0.3, 0.4) is 0 Å². The average Bonchev–Trinajstić information content (AvgIpc) is 3.18. The van der Waals surface area contributed by atoms with Gasteiger partial charge in [-0.3, -0.25) is 24.0 Å². The summed E-state index contributed by atoms with van der Waals surface area (Å²) in [6.07, 6.45) is 3.82. The van der Waals surface area contributed by atoms with E-state index in [4.69, 9.17) is 10.5 Å². The predicted octanol–water partition coefficient (Wildman–Crippen LogP) is 5.75. The molecule has 12 nitrogen and oxygen atoms in total. The van der Waals surface area contributed by atoms with E-state index in [0.717, 1.165) is 28.8 Å². The molecule has 57 heavy (non-hydrogen) atoms. The first-order valence-electron chi connectivity index (χ1n) is 19.8. The van der Waals surface area contributed by atoms with Gasteiger partial charge in [-0.2, -0.15) is 0 Å². The van der Waals surface area contributed by atoms with Crippen LogP contribution in [0, 0.1) is 23.2 Å². The zero-order valence-corrected chi connectivity index (χ0v) is 32.4. The quantitative estimate of drug-likeness (QED) is 0.0564. The van der Waals surface area contributed by atoms with Crippen LogP contribution in [-0.2, 0) is 41.9 Å². The topological polar surface area (TPSA) is 185 Å². The molecule has 3 aromatic rings. The third-order valence-electron chi connectivity index (χ3n) is 10.7. The lowest BCUT2D eigenvalue weighted by Gasteiger charge is -2.39. The van der Waals surface area contributed by atoms with Gasteiger partial charge in [-0.1, -0.05) is 60.7 Å². The molecule has 0 bridgehead atoms. The summed E-state index contributed by atoms with van der Waals surface area (Å²) in [6, 6.07) is 21.3. The minimum Gasteiger partial charge on any atom is -0.392 e. The molecule has 1 saturated carbocycles. The van der Waals surface area contributed by atoms with Crippen LogP contribution in [0.15, 0.2) is 72.8 Å². The standard InChI is InChI=1S/C45H52N4O8/c46-44(56)47-26-5-12-35(43(55)48-37-20-16-32(31-50)17-21-37)29-41(53)45(24-8-25-45)40(52)15-7-28-57-27-6-13-38(51)22-23-42(54)49-30-36-11-2-1-9-33(36)18-19-34-10-3-4-14-39(34)49/h1-4,9-11,14,16-17,20-21,35,50H,5-8,12-13,15,22-31H2,(H,48,55)(H3,46,47,56)/t35-/m1/s1. The van der Waals surface area contributed by atoms with Gasteiger partial charge in [-0.05, 0) is 80.0 Å². The number of fused-ring (bicyclic) bond motifs is 2. The fourth-order valence-electron chi connectivity index (χ4n) is 7.25. The lowest BCUT2D eigenvalue weighted by Crippen LogP contribution is -2.46. The summed E-state index contributed by atoms with van der Waals surface area (Å²) < 4.78 is 5.73. The molecular formula is C45H52N4O8. The number of ketones is 3. The Balaban J connectivity index is 1.03. The van der Waals surface area contributed by atoms with Crippen molar-refractivity contribution < 1.29 is 38.6 Å². The van der Waals surface area contributed by atoms with Crippen molar-refractivity contribution in [2.24, 2.45) is 17.1 Å². The molecule has 5 N–H and O–H groups in total. The summed E-state index contributed by atoms with van der Waals surface area (Å²) in [4.78, 5) is 79.6. The summed E-state index contributed by atoms with van der Waals surface area (Å²) in [5, 5.41) is 14.7. The zero-order chi connectivity index (χ0) is 40.6. The van der Waals surface area contributed by atoms with Gasteiger partial charge in [-0.25, -0.2) is 4.79 Å². The highest BCUT2D eigenvalue weighted by Crippen LogP contribution is 2.45. The van der Waals surface area contributed by atoms with E-state index < -0.39 is 17.4 Å². The summed E-state index contributed by atoms with van der Waals surface area (Å²) >= 11 is 0. The molecular weight excluding hydrogens is 725 g/mol. The Hall–Kier alpha value is -5.64. The molecule has 12 heteroatoms. The molecule has 1 fully saturated rings. The molecule has 1 aliphatic carbocycles. The molecule has 0 unspecified atom stereocenters. The second kappa shape index (κ2) is 21.0. The molecule has 2 aliphatic rings. The number of anilines is 2. The van der Waals surface area contributed by atoms with Gasteiger partial charge in [0.05, 0.1) is 24.3 Å². The molecule has 1 aliphatic heterocycles. The monoisotopic (exact) mass is 776 g/mol. The number of amides is 4. The van der Waals surface area contributed by atoms with E-state index in [1.807, 2.05) is 48.5 Å². The lowest BCUT2D eigenvalue weighted by molar-refractivity contribution is -0.148. The number of carbonyl (C=O) groups excluding carboxylic acids is 6. The minimum atomic E-state index is -1.11. The molecule has 5 rings (SSSR count). The van der Waals surface area contributed by atoms with E-state index in [1.165, 1.54) is 0 Å². The fraction of sp³-hybridized carbons (Fsp3) is 0.422. The number of urea groups is 1. The highest BCUT2D eigenvalue weighted by molar-refractivity contribution is 6.09. The third kappa shape index (κ3) is 11.9. The summed E-state index contributed by atoms with van der Waals surface area (Å²) in [5.41, 5.74) is 8.60. The third-order valence-corrected chi connectivity index (χ3v) is 10.7. The smallest absolute Gasteiger partial charge is 0.312 e. The first kappa shape index (κ1) is 42.5. The van der Waals surface area contributed by atoms with E-state index in [0.29, 0.717) is 69.5 Å². The molecule has 0 spiro atoms. The zero-order valence-electron chi connectivity index (χ0n) is 32.4. The van der Waals surface area contributed by atoms with Crippen molar-refractivity contribution in [3.05, 3.63) is 95.1 Å². The average molecular weight is 777 g/mol. The predicted molar refractivity (Wildman–Crippen MR) is 216 cm³/mol. The number of carbonyl (C=O) groups is 6. The van der Waals surface area contributed by atoms with Gasteiger partial charge < -0.3 is 31.1 Å². The molecule has 1 atom stereocenters. The maximum absolute atomic E-state index is 13.7. The summed E-state index contributed by atoms with van der Waals surface area (Å²) in [5.74, 6) is 4.76. The number of nitrogens with one attached hydrogen (secondary N) is 2. The van der Waals surface area contributed by atoms with Crippen LogP contribution in [-0.4, -0.2) is 60.1 Å². The van der Waals surface area contributed by atoms with Crippen molar-refractivity contribution >= 4 is 46.6 Å². The maximum atomic E-state index is 13.7. The normalized spacial score (nSPS) is 14.2. The number of nitrogens with two attached hydrogens (primary N) is 1. The number of hydrogen-bond donors (Lipinski definition) is 4. The van der Waals surface area contributed by atoms with Crippen LogP contribution >= 0.6 is 0 Å². The second-order valence-electron chi connectivity index (χ2n) is 14.7. The molecule has 0 aromatic heterocycles. The Morgan fingerprint density at radius 1 is 0.807 bits per heavy atom. The summed E-state index contributed by atoms with van der Waals surface area (Å²) in [6.45, 7) is 1.12. The van der Waals surface area contributed by atoms with Gasteiger partial charge in [0.2, 0.25) is 11.8 Å². The van der Waals surface area contributed by atoms with Crippen LogP contribution in [0.1, 0.15) is 99.3 Å². The Bertz CT molecular complexity index is 1980. The van der Waals surface area contributed by atoms with Gasteiger partial charge in [0.25, 0.3) is 0 Å². The van der Waals surface area contributed by atoms with E-state index in [2.05, 4.69) is 22.5 Å². The Morgan fingerprint density at radius 2 is 1.49 bits per heavy atom. The number of Topliss-reactive ketones (excluding diaryl/α,β-unsaturated/α-hetero) is 3. The minimum absolute atomic E-state index is 0.0243. The molecule has 3 aromatic carbocycles. The number of benzene rings is 3. The second-order valence-corrected chi connectivity index (χ2v) is 14.7. The van der Waals surface area contributed by atoms with E-state index in [-0.39, 0.29) is 74.4 Å². The number of hydrogen-bond acceptors (Lipinski definition) is 8. The van der Waals surface area contributed by atoms with Gasteiger partial charge in [0.1, 0.15) is 17.3 Å². The van der Waals surface area contributed by atoms with Crippen molar-refractivity contribution in [2.45, 2.75) is 90.2 Å². The van der Waals surface area contributed by atoms with Crippen molar-refractivity contribution in [1.29, 1.82) is 0 Å².